The third-order valence-electron chi connectivity index (χ3n) is 2.64. The lowest BCUT2D eigenvalue weighted by molar-refractivity contribution is 0.0650. The number of ether oxygens (including phenoxy) is 1. The Morgan fingerprint density at radius 1 is 1.71 bits per heavy atom. The first kappa shape index (κ1) is 11.9. The summed E-state index contributed by atoms with van der Waals surface area (Å²) in [6, 6.07) is 0.245. The van der Waals surface area contributed by atoms with Crippen molar-refractivity contribution in [2.24, 2.45) is 5.73 Å². The van der Waals surface area contributed by atoms with Crippen LogP contribution in [0.5, 0.6) is 0 Å². The van der Waals surface area contributed by atoms with E-state index < -0.39 is 0 Å². The van der Waals surface area contributed by atoms with E-state index in [9.17, 15) is 0 Å². The largest absolute Gasteiger partial charge is 0.392 e. The van der Waals surface area contributed by atoms with E-state index in [1.165, 1.54) is 0 Å². The highest BCUT2D eigenvalue weighted by Crippen LogP contribution is 2.11. The SMILES string of the molecule is CCC(C(N)=S)N1CCCOC(C)C1. The van der Waals surface area contributed by atoms with Gasteiger partial charge in [-0.05, 0) is 19.8 Å². The van der Waals surface area contributed by atoms with Crippen LogP contribution in [-0.4, -0.2) is 41.7 Å². The van der Waals surface area contributed by atoms with Crippen molar-refractivity contribution in [3.63, 3.8) is 0 Å². The van der Waals surface area contributed by atoms with Crippen LogP contribution >= 0.6 is 12.2 Å². The van der Waals surface area contributed by atoms with Crippen LogP contribution in [0.4, 0.5) is 0 Å². The summed E-state index contributed by atoms with van der Waals surface area (Å²) in [6.45, 7) is 7.06. The van der Waals surface area contributed by atoms with E-state index in [0.717, 1.165) is 32.5 Å². The van der Waals surface area contributed by atoms with Gasteiger partial charge in [0.25, 0.3) is 0 Å². The molecule has 3 nitrogen and oxygen atoms in total. The zero-order valence-electron chi connectivity index (χ0n) is 9.03. The fraction of sp³-hybridized carbons (Fsp3) is 0.900. The molecule has 1 aliphatic rings. The van der Waals surface area contributed by atoms with Crippen LogP contribution in [0.1, 0.15) is 26.7 Å². The molecule has 0 aromatic heterocycles. The molecule has 1 fully saturated rings. The van der Waals surface area contributed by atoms with Crippen molar-refractivity contribution in [2.75, 3.05) is 19.7 Å². The van der Waals surface area contributed by atoms with Crippen molar-refractivity contribution in [1.82, 2.24) is 4.90 Å². The van der Waals surface area contributed by atoms with E-state index in [0.29, 0.717) is 11.1 Å². The molecular weight excluding hydrogens is 196 g/mol. The van der Waals surface area contributed by atoms with Gasteiger partial charge in [0, 0.05) is 19.7 Å². The van der Waals surface area contributed by atoms with Gasteiger partial charge in [0.1, 0.15) is 0 Å². The molecule has 2 N–H and O–H groups in total. The Morgan fingerprint density at radius 2 is 2.43 bits per heavy atom. The van der Waals surface area contributed by atoms with Gasteiger partial charge in [-0.25, -0.2) is 0 Å². The third kappa shape index (κ3) is 3.19. The molecule has 82 valence electrons. The molecule has 1 aliphatic heterocycles. The Balaban J connectivity index is 2.58. The lowest BCUT2D eigenvalue weighted by Crippen LogP contribution is -2.45. The van der Waals surface area contributed by atoms with Crippen molar-refractivity contribution in [2.45, 2.75) is 38.8 Å². The molecule has 1 saturated heterocycles. The molecular formula is C10H20N2OS. The zero-order chi connectivity index (χ0) is 10.6. The minimum atomic E-state index is 0.245. The van der Waals surface area contributed by atoms with Crippen molar-refractivity contribution >= 4 is 17.2 Å². The summed E-state index contributed by atoms with van der Waals surface area (Å²) < 4.78 is 5.58. The molecule has 0 amide bonds. The zero-order valence-corrected chi connectivity index (χ0v) is 9.85. The third-order valence-corrected chi connectivity index (χ3v) is 2.91. The lowest BCUT2D eigenvalue weighted by atomic mass is 10.1. The molecule has 2 atom stereocenters. The highest BCUT2D eigenvalue weighted by molar-refractivity contribution is 7.80. The number of hydrogen-bond acceptors (Lipinski definition) is 3. The highest BCUT2D eigenvalue weighted by Gasteiger charge is 2.23. The van der Waals surface area contributed by atoms with Gasteiger partial charge in [-0.2, -0.15) is 0 Å². The van der Waals surface area contributed by atoms with Crippen LogP contribution in [0, 0.1) is 0 Å². The molecule has 1 heterocycles. The second-order valence-corrected chi connectivity index (χ2v) is 4.33. The van der Waals surface area contributed by atoms with Crippen LogP contribution in [0.25, 0.3) is 0 Å². The fourth-order valence-corrected chi connectivity index (χ4v) is 2.26. The van der Waals surface area contributed by atoms with Gasteiger partial charge in [-0.1, -0.05) is 19.1 Å². The van der Waals surface area contributed by atoms with Crippen molar-refractivity contribution in [3.05, 3.63) is 0 Å². The molecule has 0 aromatic carbocycles. The maximum atomic E-state index is 5.72. The van der Waals surface area contributed by atoms with Gasteiger partial charge >= 0.3 is 0 Å². The van der Waals surface area contributed by atoms with Gasteiger partial charge in [-0.3, -0.25) is 4.90 Å². The molecule has 0 aliphatic carbocycles. The summed E-state index contributed by atoms with van der Waals surface area (Å²) in [5.74, 6) is 0. The maximum absolute atomic E-state index is 5.72. The van der Waals surface area contributed by atoms with E-state index in [-0.39, 0.29) is 6.04 Å². The summed E-state index contributed by atoms with van der Waals surface area (Å²) >= 11 is 5.08. The van der Waals surface area contributed by atoms with Crippen LogP contribution in [0.3, 0.4) is 0 Å². The average molecular weight is 216 g/mol. The molecule has 1 rings (SSSR count). The first-order valence-electron chi connectivity index (χ1n) is 5.30. The van der Waals surface area contributed by atoms with E-state index >= 15 is 0 Å². The standard InChI is InChI=1S/C10H20N2OS/c1-3-9(10(11)14)12-5-4-6-13-8(2)7-12/h8-9H,3-7H2,1-2H3,(H2,11,14). The van der Waals surface area contributed by atoms with E-state index in [1.807, 2.05) is 0 Å². The summed E-state index contributed by atoms with van der Waals surface area (Å²) in [5, 5.41) is 0. The molecule has 14 heavy (non-hydrogen) atoms. The normalized spacial score (nSPS) is 26.9. The monoisotopic (exact) mass is 216 g/mol. The van der Waals surface area contributed by atoms with Crippen molar-refractivity contribution < 1.29 is 4.74 Å². The Kier molecular flexibility index (Phi) is 4.78. The van der Waals surface area contributed by atoms with Gasteiger partial charge in [0.15, 0.2) is 0 Å². The number of rotatable bonds is 3. The fourth-order valence-electron chi connectivity index (χ4n) is 1.95. The second-order valence-electron chi connectivity index (χ2n) is 3.86. The number of nitrogens with zero attached hydrogens (tertiary/aromatic N) is 1. The Hall–Kier alpha value is -0.190. The number of thiocarbonyl (C=S) groups is 1. The Morgan fingerprint density at radius 3 is 3.00 bits per heavy atom. The summed E-state index contributed by atoms with van der Waals surface area (Å²) in [7, 11) is 0. The molecule has 4 heteroatoms. The molecule has 0 aromatic rings. The number of hydrogen-bond donors (Lipinski definition) is 1. The van der Waals surface area contributed by atoms with Gasteiger partial charge in [-0.15, -0.1) is 0 Å². The van der Waals surface area contributed by atoms with Gasteiger partial charge in [0.2, 0.25) is 0 Å². The van der Waals surface area contributed by atoms with Gasteiger partial charge in [0.05, 0.1) is 17.1 Å². The lowest BCUT2D eigenvalue weighted by Gasteiger charge is -2.29. The number of nitrogens with two attached hydrogens (primary N) is 1. The molecule has 0 radical (unpaired) electrons. The molecule has 2 unspecified atom stereocenters. The molecule has 0 spiro atoms. The molecule has 0 saturated carbocycles. The maximum Gasteiger partial charge on any atom is 0.0901 e. The van der Waals surface area contributed by atoms with E-state index in [1.54, 1.807) is 0 Å². The predicted octanol–water partition coefficient (Wildman–Crippen LogP) is 1.16. The highest BCUT2D eigenvalue weighted by atomic mass is 32.1. The van der Waals surface area contributed by atoms with Gasteiger partial charge < -0.3 is 10.5 Å². The predicted molar refractivity (Wildman–Crippen MR) is 62.5 cm³/mol. The van der Waals surface area contributed by atoms with E-state index in [4.69, 9.17) is 22.7 Å². The summed E-state index contributed by atoms with van der Waals surface area (Å²) in [5.41, 5.74) is 5.72. The smallest absolute Gasteiger partial charge is 0.0901 e. The van der Waals surface area contributed by atoms with Crippen LogP contribution in [-0.2, 0) is 4.74 Å². The first-order valence-corrected chi connectivity index (χ1v) is 5.71. The van der Waals surface area contributed by atoms with Crippen LogP contribution in [0.15, 0.2) is 0 Å². The summed E-state index contributed by atoms with van der Waals surface area (Å²) in [4.78, 5) is 2.96. The minimum absolute atomic E-state index is 0.245. The Labute approximate surface area is 91.6 Å². The van der Waals surface area contributed by atoms with Crippen molar-refractivity contribution in [3.8, 4) is 0 Å². The first-order chi connectivity index (χ1) is 6.65. The topological polar surface area (TPSA) is 38.5 Å². The van der Waals surface area contributed by atoms with Crippen LogP contribution in [0.2, 0.25) is 0 Å². The minimum Gasteiger partial charge on any atom is -0.392 e. The summed E-state index contributed by atoms with van der Waals surface area (Å²) in [6.07, 6.45) is 2.35. The molecule has 0 bridgehead atoms. The second kappa shape index (κ2) is 5.63. The van der Waals surface area contributed by atoms with Crippen LogP contribution < -0.4 is 5.73 Å². The average Bonchev–Trinajstić information content (AvgIpc) is 2.31. The quantitative estimate of drug-likeness (QED) is 0.719. The van der Waals surface area contributed by atoms with E-state index in [2.05, 4.69) is 18.7 Å². The van der Waals surface area contributed by atoms with Crippen molar-refractivity contribution in [1.29, 1.82) is 0 Å². The Bertz CT molecular complexity index is 199.